The van der Waals surface area contributed by atoms with Crippen LogP contribution < -0.4 is 5.32 Å². The molecule has 0 bridgehead atoms. The quantitative estimate of drug-likeness (QED) is 0.364. The molecule has 4 nitrogen and oxygen atoms in total. The molecule has 0 heterocycles. The smallest absolute Gasteiger partial charge is 0.243 e. The van der Waals surface area contributed by atoms with Crippen LogP contribution in [0, 0.1) is 5.82 Å². The lowest BCUT2D eigenvalue weighted by atomic mass is 10.0. The van der Waals surface area contributed by atoms with Crippen LogP contribution in [0.3, 0.4) is 0 Å². The van der Waals surface area contributed by atoms with Gasteiger partial charge in [-0.25, -0.2) is 4.39 Å². The second-order valence-corrected chi connectivity index (χ2v) is 8.71. The number of nitrogens with one attached hydrogen (secondary N) is 1. The van der Waals surface area contributed by atoms with Crippen LogP contribution in [0.5, 0.6) is 0 Å². The molecule has 0 aliphatic carbocycles. The molecule has 0 spiro atoms. The molecule has 3 rings (SSSR count). The van der Waals surface area contributed by atoms with E-state index in [9.17, 15) is 14.0 Å². The second-order valence-electron chi connectivity index (χ2n) is 8.27. The lowest BCUT2D eigenvalue weighted by Gasteiger charge is -2.32. The summed E-state index contributed by atoms with van der Waals surface area (Å²) in [6.07, 6.45) is 2.01. The lowest BCUT2D eigenvalue weighted by Crippen LogP contribution is -2.51. The molecule has 6 heteroatoms. The molecule has 3 aromatic carbocycles. The van der Waals surface area contributed by atoms with Gasteiger partial charge in [-0.05, 0) is 41.3 Å². The highest BCUT2D eigenvalue weighted by Crippen LogP contribution is 2.19. The summed E-state index contributed by atoms with van der Waals surface area (Å²) < 4.78 is 14.3. The normalized spacial score (nSPS) is 11.6. The summed E-state index contributed by atoms with van der Waals surface area (Å²) in [5.41, 5.74) is 2.04. The van der Waals surface area contributed by atoms with Gasteiger partial charge in [0.1, 0.15) is 11.9 Å². The number of rotatable bonds is 11. The predicted molar refractivity (Wildman–Crippen MR) is 134 cm³/mol. The molecule has 0 saturated carbocycles. The summed E-state index contributed by atoms with van der Waals surface area (Å²) in [6, 6.07) is 22.3. The molecule has 34 heavy (non-hydrogen) atoms. The van der Waals surface area contributed by atoms with Crippen molar-refractivity contribution in [3.63, 3.8) is 0 Å². The molecular weight excluding hydrogens is 451 g/mol. The SMILES string of the molecule is CCCCNC(=O)[C@H](Cc1ccccc1)N(Cc1cccc(Cl)c1)C(=O)Cc1ccccc1F. The average molecular weight is 481 g/mol. The zero-order valence-corrected chi connectivity index (χ0v) is 20.1. The van der Waals surface area contributed by atoms with E-state index in [2.05, 4.69) is 12.2 Å². The van der Waals surface area contributed by atoms with Crippen molar-refractivity contribution in [2.24, 2.45) is 0 Å². The minimum atomic E-state index is -0.752. The van der Waals surface area contributed by atoms with Gasteiger partial charge in [-0.15, -0.1) is 0 Å². The van der Waals surface area contributed by atoms with Gasteiger partial charge in [0.15, 0.2) is 0 Å². The van der Waals surface area contributed by atoms with Gasteiger partial charge in [-0.2, -0.15) is 0 Å². The van der Waals surface area contributed by atoms with Crippen LogP contribution in [0.1, 0.15) is 36.5 Å². The van der Waals surface area contributed by atoms with E-state index >= 15 is 0 Å². The van der Waals surface area contributed by atoms with E-state index in [4.69, 9.17) is 11.6 Å². The lowest BCUT2D eigenvalue weighted by molar-refractivity contribution is -0.140. The number of carbonyl (C=O) groups is 2. The van der Waals surface area contributed by atoms with Crippen molar-refractivity contribution in [3.8, 4) is 0 Å². The van der Waals surface area contributed by atoms with Gasteiger partial charge in [0.05, 0.1) is 6.42 Å². The predicted octanol–water partition coefficient (Wildman–Crippen LogP) is 5.58. The van der Waals surface area contributed by atoms with Crippen LogP contribution in [0.4, 0.5) is 4.39 Å². The van der Waals surface area contributed by atoms with Crippen molar-refractivity contribution >= 4 is 23.4 Å². The summed E-state index contributed by atoms with van der Waals surface area (Å²) >= 11 is 6.18. The number of hydrogen-bond acceptors (Lipinski definition) is 2. The van der Waals surface area contributed by atoms with Crippen LogP contribution >= 0.6 is 11.6 Å². The van der Waals surface area contributed by atoms with Crippen molar-refractivity contribution in [1.29, 1.82) is 0 Å². The van der Waals surface area contributed by atoms with Gasteiger partial charge in [0, 0.05) is 24.5 Å². The topological polar surface area (TPSA) is 49.4 Å². The highest BCUT2D eigenvalue weighted by atomic mass is 35.5. The molecule has 0 aromatic heterocycles. The summed E-state index contributed by atoms with van der Waals surface area (Å²) in [7, 11) is 0. The van der Waals surface area contributed by atoms with Crippen LogP contribution in [0.2, 0.25) is 5.02 Å². The van der Waals surface area contributed by atoms with E-state index in [0.717, 1.165) is 24.0 Å². The first-order valence-corrected chi connectivity index (χ1v) is 11.9. The minimum Gasteiger partial charge on any atom is -0.354 e. The molecule has 0 aliphatic heterocycles. The van der Waals surface area contributed by atoms with E-state index in [1.807, 2.05) is 42.5 Å². The summed E-state index contributed by atoms with van der Waals surface area (Å²) in [4.78, 5) is 28.5. The maximum Gasteiger partial charge on any atom is 0.243 e. The van der Waals surface area contributed by atoms with E-state index in [1.165, 1.54) is 6.07 Å². The van der Waals surface area contributed by atoms with E-state index in [1.54, 1.807) is 35.2 Å². The second kappa shape index (κ2) is 12.9. The molecule has 0 radical (unpaired) electrons. The minimum absolute atomic E-state index is 0.138. The number of carbonyl (C=O) groups excluding carboxylic acids is 2. The average Bonchev–Trinajstić information content (AvgIpc) is 2.83. The fraction of sp³-hybridized carbons (Fsp3) is 0.286. The van der Waals surface area contributed by atoms with Gasteiger partial charge in [-0.1, -0.05) is 85.6 Å². The fourth-order valence-electron chi connectivity index (χ4n) is 3.80. The number of hydrogen-bond donors (Lipinski definition) is 1. The number of nitrogens with zero attached hydrogens (tertiary/aromatic N) is 1. The molecule has 2 amide bonds. The van der Waals surface area contributed by atoms with Crippen molar-refractivity contribution in [2.45, 2.75) is 45.2 Å². The largest absolute Gasteiger partial charge is 0.354 e. The first kappa shape index (κ1) is 25.4. The first-order chi connectivity index (χ1) is 16.5. The Kier molecular flexibility index (Phi) is 9.65. The fourth-order valence-corrected chi connectivity index (χ4v) is 4.01. The number of amides is 2. The van der Waals surface area contributed by atoms with Crippen molar-refractivity contribution < 1.29 is 14.0 Å². The van der Waals surface area contributed by atoms with Crippen LogP contribution in [-0.2, 0) is 29.0 Å². The Labute approximate surface area is 205 Å². The zero-order valence-electron chi connectivity index (χ0n) is 19.3. The number of unbranched alkanes of at least 4 members (excludes halogenated alkanes) is 1. The molecule has 0 saturated heterocycles. The van der Waals surface area contributed by atoms with Crippen molar-refractivity contribution in [1.82, 2.24) is 10.2 Å². The summed E-state index contributed by atoms with van der Waals surface area (Å²) in [5, 5.41) is 3.53. The number of halogens is 2. The number of benzene rings is 3. The van der Waals surface area contributed by atoms with Crippen molar-refractivity contribution in [3.05, 3.63) is 106 Å². The van der Waals surface area contributed by atoms with Gasteiger partial charge in [0.25, 0.3) is 0 Å². The Balaban J connectivity index is 1.95. The highest BCUT2D eigenvalue weighted by molar-refractivity contribution is 6.30. The molecule has 3 aromatic rings. The Bertz CT molecular complexity index is 1090. The van der Waals surface area contributed by atoms with Crippen LogP contribution in [0.25, 0.3) is 0 Å². The summed E-state index contributed by atoms with van der Waals surface area (Å²) in [5.74, 6) is -0.983. The third kappa shape index (κ3) is 7.42. The van der Waals surface area contributed by atoms with E-state index in [-0.39, 0.29) is 24.8 Å². The molecule has 0 unspecified atom stereocenters. The van der Waals surface area contributed by atoms with Gasteiger partial charge < -0.3 is 10.2 Å². The molecule has 1 atom stereocenters. The molecule has 178 valence electrons. The Hall–Kier alpha value is -3.18. The standard InChI is InChI=1S/C28H30ClFN2O2/c1-2-3-16-31-28(34)26(18-21-10-5-4-6-11-21)32(20-22-12-9-14-24(29)17-22)27(33)19-23-13-7-8-15-25(23)30/h4-15,17,26H,2-3,16,18-20H2,1H3,(H,31,34)/t26-/m0/s1. The molecule has 0 fully saturated rings. The third-order valence-electron chi connectivity index (χ3n) is 5.64. The van der Waals surface area contributed by atoms with Gasteiger partial charge in [0.2, 0.25) is 11.8 Å². The maximum atomic E-state index is 14.3. The Morgan fingerprint density at radius 2 is 1.68 bits per heavy atom. The molecular formula is C28H30ClFN2O2. The monoisotopic (exact) mass is 480 g/mol. The molecule has 1 N–H and O–H groups in total. The zero-order chi connectivity index (χ0) is 24.3. The highest BCUT2D eigenvalue weighted by Gasteiger charge is 2.30. The van der Waals surface area contributed by atoms with E-state index < -0.39 is 11.9 Å². The van der Waals surface area contributed by atoms with E-state index in [0.29, 0.717) is 23.6 Å². The van der Waals surface area contributed by atoms with Gasteiger partial charge in [-0.3, -0.25) is 9.59 Å². The van der Waals surface area contributed by atoms with Crippen LogP contribution in [0.15, 0.2) is 78.9 Å². The maximum absolute atomic E-state index is 14.3. The third-order valence-corrected chi connectivity index (χ3v) is 5.88. The van der Waals surface area contributed by atoms with Crippen LogP contribution in [-0.4, -0.2) is 29.3 Å². The summed E-state index contributed by atoms with van der Waals surface area (Å²) in [6.45, 7) is 2.77. The first-order valence-electron chi connectivity index (χ1n) is 11.6. The Morgan fingerprint density at radius 1 is 0.971 bits per heavy atom. The molecule has 0 aliphatic rings. The van der Waals surface area contributed by atoms with Gasteiger partial charge >= 0.3 is 0 Å². The van der Waals surface area contributed by atoms with Crippen molar-refractivity contribution in [2.75, 3.05) is 6.54 Å². The Morgan fingerprint density at radius 3 is 2.38 bits per heavy atom.